The molecule has 2 heteroatoms. The smallest absolute Gasteiger partial charge is 0.138 e. The van der Waals surface area contributed by atoms with Crippen molar-refractivity contribution >= 4 is 16.7 Å². The lowest BCUT2D eigenvalue weighted by atomic mass is 9.89. The van der Waals surface area contributed by atoms with Gasteiger partial charge in [0.15, 0.2) is 0 Å². The molecule has 2 heterocycles. The molecule has 0 N–H and O–H groups in total. The van der Waals surface area contributed by atoms with Crippen molar-refractivity contribution in [1.29, 1.82) is 0 Å². The van der Waals surface area contributed by atoms with E-state index in [0.717, 1.165) is 25.8 Å². The van der Waals surface area contributed by atoms with Crippen molar-refractivity contribution in [2.45, 2.75) is 39.7 Å². The van der Waals surface area contributed by atoms with Crippen LogP contribution in [-0.4, -0.2) is 10.4 Å². The molecule has 1 atom stereocenters. The van der Waals surface area contributed by atoms with E-state index in [1.165, 1.54) is 16.6 Å². The van der Waals surface area contributed by atoms with Gasteiger partial charge in [-0.15, -0.1) is 0 Å². The molecule has 2 aromatic rings. The van der Waals surface area contributed by atoms with E-state index in [-0.39, 0.29) is 11.8 Å². The largest absolute Gasteiger partial charge is 0.345 e. The van der Waals surface area contributed by atoms with Crippen LogP contribution < -0.4 is 0 Å². The fourth-order valence-electron chi connectivity index (χ4n) is 3.25. The van der Waals surface area contributed by atoms with Gasteiger partial charge in [0.1, 0.15) is 5.78 Å². The number of para-hydroxylation sites is 1. The van der Waals surface area contributed by atoms with Gasteiger partial charge in [0, 0.05) is 29.6 Å². The Morgan fingerprint density at radius 1 is 1.26 bits per heavy atom. The third-order valence-electron chi connectivity index (χ3n) is 4.32. The van der Waals surface area contributed by atoms with E-state index in [2.05, 4.69) is 34.9 Å². The molecule has 0 bridgehead atoms. The van der Waals surface area contributed by atoms with Crippen LogP contribution >= 0.6 is 0 Å². The average Bonchev–Trinajstić information content (AvgIpc) is 2.63. The number of carbonyl (C=O) groups excluding carboxylic acids is 1. The van der Waals surface area contributed by atoms with Crippen LogP contribution in [0.1, 0.15) is 32.4 Å². The summed E-state index contributed by atoms with van der Waals surface area (Å²) in [5.74, 6) is 0.855. The molecule has 0 saturated carbocycles. The lowest BCUT2D eigenvalue weighted by Crippen LogP contribution is -2.20. The molecule has 1 aliphatic heterocycles. The maximum absolute atomic E-state index is 12.2. The molecule has 1 aliphatic rings. The monoisotopic (exact) mass is 255 g/mol. The van der Waals surface area contributed by atoms with E-state index in [1.807, 2.05) is 13.8 Å². The number of carbonyl (C=O) groups is 1. The normalized spacial score (nSPS) is 19.4. The fourth-order valence-corrected chi connectivity index (χ4v) is 3.25. The van der Waals surface area contributed by atoms with Crippen LogP contribution in [0.5, 0.6) is 0 Å². The Labute approximate surface area is 114 Å². The first kappa shape index (κ1) is 12.5. The highest BCUT2D eigenvalue weighted by atomic mass is 16.1. The Bertz CT molecular complexity index is 609. The van der Waals surface area contributed by atoms with Gasteiger partial charge in [-0.25, -0.2) is 0 Å². The molecular formula is C17H21NO. The molecule has 1 unspecified atom stereocenters. The Morgan fingerprint density at radius 2 is 2.05 bits per heavy atom. The number of rotatable bonds is 2. The molecule has 19 heavy (non-hydrogen) atoms. The average molecular weight is 255 g/mol. The summed E-state index contributed by atoms with van der Waals surface area (Å²) in [6, 6.07) is 10.8. The summed E-state index contributed by atoms with van der Waals surface area (Å²) in [7, 11) is 0. The van der Waals surface area contributed by atoms with Gasteiger partial charge in [-0.3, -0.25) is 4.79 Å². The Hall–Kier alpha value is -1.57. The summed E-state index contributed by atoms with van der Waals surface area (Å²) < 4.78 is 2.41. The van der Waals surface area contributed by atoms with Crippen LogP contribution in [0.4, 0.5) is 0 Å². The highest BCUT2D eigenvalue weighted by Crippen LogP contribution is 2.28. The lowest BCUT2D eigenvalue weighted by Gasteiger charge is -2.15. The van der Waals surface area contributed by atoms with Crippen molar-refractivity contribution in [1.82, 2.24) is 4.57 Å². The van der Waals surface area contributed by atoms with Gasteiger partial charge in [0.2, 0.25) is 0 Å². The first-order chi connectivity index (χ1) is 9.16. The highest BCUT2D eigenvalue weighted by molar-refractivity contribution is 5.83. The maximum Gasteiger partial charge on any atom is 0.138 e. The maximum atomic E-state index is 12.2. The number of fused-ring (bicyclic) bond motifs is 3. The fraction of sp³-hybridized carbons (Fsp3) is 0.471. The van der Waals surface area contributed by atoms with Crippen LogP contribution in [0.25, 0.3) is 10.9 Å². The van der Waals surface area contributed by atoms with Crippen LogP contribution in [0.3, 0.4) is 0 Å². The summed E-state index contributed by atoms with van der Waals surface area (Å²) in [6.07, 6.45) is 3.02. The van der Waals surface area contributed by atoms with Gasteiger partial charge < -0.3 is 4.57 Å². The zero-order valence-electron chi connectivity index (χ0n) is 11.7. The van der Waals surface area contributed by atoms with E-state index in [4.69, 9.17) is 0 Å². The summed E-state index contributed by atoms with van der Waals surface area (Å²) in [6.45, 7) is 5.01. The van der Waals surface area contributed by atoms with Crippen molar-refractivity contribution in [3.8, 4) is 0 Å². The molecule has 3 rings (SSSR count). The van der Waals surface area contributed by atoms with Gasteiger partial charge in [-0.05, 0) is 36.8 Å². The van der Waals surface area contributed by atoms with Gasteiger partial charge in [-0.2, -0.15) is 0 Å². The third kappa shape index (κ3) is 2.20. The van der Waals surface area contributed by atoms with Gasteiger partial charge in [-0.1, -0.05) is 32.0 Å². The van der Waals surface area contributed by atoms with Crippen molar-refractivity contribution in [2.75, 3.05) is 0 Å². The van der Waals surface area contributed by atoms with E-state index < -0.39 is 0 Å². The topological polar surface area (TPSA) is 22.0 Å². The standard InChI is InChI=1S/C17H21NO/c1-12(2)17(19)13-7-8-15-11-14-5-3-4-6-16(14)18(15)10-9-13/h3-6,11-13H,7-10H2,1-2H3. The van der Waals surface area contributed by atoms with E-state index in [1.54, 1.807) is 0 Å². The van der Waals surface area contributed by atoms with E-state index in [9.17, 15) is 4.79 Å². The number of nitrogens with zero attached hydrogens (tertiary/aromatic N) is 1. The third-order valence-corrected chi connectivity index (χ3v) is 4.32. The first-order valence-electron chi connectivity index (χ1n) is 7.27. The second-order valence-corrected chi connectivity index (χ2v) is 5.93. The zero-order chi connectivity index (χ0) is 13.4. The summed E-state index contributed by atoms with van der Waals surface area (Å²) in [4.78, 5) is 12.2. The number of aryl methyl sites for hydroxylation is 2. The predicted molar refractivity (Wildman–Crippen MR) is 78.2 cm³/mol. The van der Waals surface area contributed by atoms with Crippen LogP contribution in [0.2, 0.25) is 0 Å². The van der Waals surface area contributed by atoms with Crippen LogP contribution in [0.15, 0.2) is 30.3 Å². The van der Waals surface area contributed by atoms with Crippen LogP contribution in [0, 0.1) is 11.8 Å². The van der Waals surface area contributed by atoms with Crippen molar-refractivity contribution in [3.63, 3.8) is 0 Å². The molecule has 0 saturated heterocycles. The highest BCUT2D eigenvalue weighted by Gasteiger charge is 2.24. The number of hydrogen-bond acceptors (Lipinski definition) is 1. The molecule has 0 spiro atoms. The Morgan fingerprint density at radius 3 is 2.84 bits per heavy atom. The minimum Gasteiger partial charge on any atom is -0.345 e. The number of hydrogen-bond donors (Lipinski definition) is 0. The van der Waals surface area contributed by atoms with Crippen molar-refractivity contribution in [3.05, 3.63) is 36.0 Å². The molecule has 0 fully saturated rings. The first-order valence-corrected chi connectivity index (χ1v) is 7.27. The predicted octanol–water partition coefficient (Wildman–Crippen LogP) is 3.82. The van der Waals surface area contributed by atoms with E-state index >= 15 is 0 Å². The SMILES string of the molecule is CC(C)C(=O)C1CCc2cc3ccccc3n2CC1. The molecule has 100 valence electrons. The molecule has 1 aromatic carbocycles. The van der Waals surface area contributed by atoms with Gasteiger partial charge >= 0.3 is 0 Å². The van der Waals surface area contributed by atoms with Crippen molar-refractivity contribution in [2.24, 2.45) is 11.8 Å². The number of aromatic nitrogens is 1. The zero-order valence-corrected chi connectivity index (χ0v) is 11.7. The second-order valence-electron chi connectivity index (χ2n) is 5.93. The van der Waals surface area contributed by atoms with E-state index in [0.29, 0.717) is 5.78 Å². The number of ketones is 1. The lowest BCUT2D eigenvalue weighted by molar-refractivity contribution is -0.126. The molecule has 0 amide bonds. The van der Waals surface area contributed by atoms with Gasteiger partial charge in [0.25, 0.3) is 0 Å². The molecular weight excluding hydrogens is 234 g/mol. The van der Waals surface area contributed by atoms with Crippen molar-refractivity contribution < 1.29 is 4.79 Å². The minimum atomic E-state index is 0.166. The molecule has 0 radical (unpaired) electrons. The van der Waals surface area contributed by atoms with Gasteiger partial charge in [0.05, 0.1) is 0 Å². The molecule has 2 nitrogen and oxygen atoms in total. The summed E-state index contributed by atoms with van der Waals surface area (Å²) in [5, 5.41) is 1.33. The number of benzene rings is 1. The quantitative estimate of drug-likeness (QED) is 0.799. The molecule has 1 aromatic heterocycles. The summed E-state index contributed by atoms with van der Waals surface area (Å²) >= 11 is 0. The molecule has 0 aliphatic carbocycles. The van der Waals surface area contributed by atoms with Crippen LogP contribution in [-0.2, 0) is 17.8 Å². The second kappa shape index (κ2) is 4.84. The Balaban J connectivity index is 1.89. The summed E-state index contributed by atoms with van der Waals surface area (Å²) in [5.41, 5.74) is 2.70. The number of Topliss-reactive ketones (excluding diaryl/α,β-unsaturated/α-hetero) is 1. The minimum absolute atomic E-state index is 0.166. The Kier molecular flexibility index (Phi) is 3.17.